The molecule has 0 heterocycles. The van der Waals surface area contributed by atoms with Crippen LogP contribution in [0.15, 0.2) is 18.2 Å². The zero-order valence-electron chi connectivity index (χ0n) is 8.99. The highest BCUT2D eigenvalue weighted by Crippen LogP contribution is 2.28. The molecule has 0 radical (unpaired) electrons. The molecule has 88 valence electrons. The van der Waals surface area contributed by atoms with Gasteiger partial charge in [-0.1, -0.05) is 11.6 Å². The van der Waals surface area contributed by atoms with E-state index < -0.39 is 11.7 Å². The standard InChI is InChI=1S/C12H10ClFN2O/c13-8-1-4-10(11(14)7-8)12(17)16(6-5-15)9-2-3-9/h1,4,7,9H,2-3,6H2. The zero-order valence-corrected chi connectivity index (χ0v) is 9.75. The molecule has 0 saturated heterocycles. The van der Waals surface area contributed by atoms with Crippen molar-refractivity contribution < 1.29 is 9.18 Å². The van der Waals surface area contributed by atoms with Gasteiger partial charge < -0.3 is 4.90 Å². The van der Waals surface area contributed by atoms with Gasteiger partial charge in [0, 0.05) is 11.1 Å². The highest BCUT2D eigenvalue weighted by molar-refractivity contribution is 6.30. The minimum Gasteiger partial charge on any atom is -0.322 e. The second-order valence-electron chi connectivity index (χ2n) is 3.95. The Hall–Kier alpha value is -1.60. The zero-order chi connectivity index (χ0) is 12.4. The smallest absolute Gasteiger partial charge is 0.257 e. The molecule has 0 aromatic heterocycles. The monoisotopic (exact) mass is 252 g/mol. The Kier molecular flexibility index (Phi) is 3.30. The molecule has 0 N–H and O–H groups in total. The first kappa shape index (κ1) is 11.9. The fraction of sp³-hybridized carbons (Fsp3) is 0.333. The predicted molar refractivity (Wildman–Crippen MR) is 61.1 cm³/mol. The quantitative estimate of drug-likeness (QED) is 0.776. The Labute approximate surface area is 103 Å². The number of hydrogen-bond acceptors (Lipinski definition) is 2. The van der Waals surface area contributed by atoms with Crippen LogP contribution in [-0.2, 0) is 0 Å². The summed E-state index contributed by atoms with van der Waals surface area (Å²) in [7, 11) is 0. The lowest BCUT2D eigenvalue weighted by Crippen LogP contribution is -2.34. The third-order valence-electron chi connectivity index (χ3n) is 2.65. The molecule has 1 aliphatic carbocycles. The second kappa shape index (κ2) is 4.72. The van der Waals surface area contributed by atoms with Crippen molar-refractivity contribution in [3.63, 3.8) is 0 Å². The van der Waals surface area contributed by atoms with E-state index in [0.717, 1.165) is 18.9 Å². The van der Waals surface area contributed by atoms with Crippen molar-refractivity contribution in [3.05, 3.63) is 34.6 Å². The number of nitriles is 1. The summed E-state index contributed by atoms with van der Waals surface area (Å²) in [5.41, 5.74) is -0.0310. The molecule has 5 heteroatoms. The number of carbonyl (C=O) groups is 1. The Morgan fingerprint density at radius 2 is 2.29 bits per heavy atom. The van der Waals surface area contributed by atoms with E-state index in [1.807, 2.05) is 6.07 Å². The van der Waals surface area contributed by atoms with Crippen LogP contribution >= 0.6 is 11.6 Å². The van der Waals surface area contributed by atoms with Gasteiger partial charge in [-0.3, -0.25) is 4.79 Å². The molecule has 1 saturated carbocycles. The Balaban J connectivity index is 2.25. The molecule has 0 bridgehead atoms. The number of rotatable bonds is 3. The van der Waals surface area contributed by atoms with Crippen molar-refractivity contribution in [2.45, 2.75) is 18.9 Å². The van der Waals surface area contributed by atoms with E-state index in [-0.39, 0.29) is 23.2 Å². The molecule has 1 fully saturated rings. The minimum atomic E-state index is -0.647. The van der Waals surface area contributed by atoms with Crippen LogP contribution in [0.3, 0.4) is 0 Å². The lowest BCUT2D eigenvalue weighted by molar-refractivity contribution is 0.0760. The van der Waals surface area contributed by atoms with Gasteiger partial charge in [0.15, 0.2) is 0 Å². The number of nitrogens with zero attached hydrogens (tertiary/aromatic N) is 2. The SMILES string of the molecule is N#CCN(C(=O)c1ccc(Cl)cc1F)C1CC1. The number of hydrogen-bond donors (Lipinski definition) is 0. The Morgan fingerprint density at radius 3 is 2.82 bits per heavy atom. The first-order valence-corrected chi connectivity index (χ1v) is 5.64. The number of halogens is 2. The first-order chi connectivity index (χ1) is 8.13. The molecule has 0 aliphatic heterocycles. The molecule has 1 aromatic carbocycles. The number of benzene rings is 1. The largest absolute Gasteiger partial charge is 0.322 e. The van der Waals surface area contributed by atoms with Gasteiger partial charge in [0.05, 0.1) is 11.6 Å². The van der Waals surface area contributed by atoms with Crippen LogP contribution in [-0.4, -0.2) is 23.4 Å². The van der Waals surface area contributed by atoms with Crippen LogP contribution in [0, 0.1) is 17.1 Å². The maximum atomic E-state index is 13.6. The molecular weight excluding hydrogens is 243 g/mol. The molecule has 3 nitrogen and oxygen atoms in total. The van der Waals surface area contributed by atoms with Crippen LogP contribution in [0.2, 0.25) is 5.02 Å². The molecule has 0 atom stereocenters. The fourth-order valence-corrected chi connectivity index (χ4v) is 1.81. The molecule has 0 spiro atoms. The lowest BCUT2D eigenvalue weighted by Gasteiger charge is -2.19. The predicted octanol–water partition coefficient (Wildman–Crippen LogP) is 2.61. The van der Waals surface area contributed by atoms with E-state index >= 15 is 0 Å². The van der Waals surface area contributed by atoms with E-state index in [9.17, 15) is 9.18 Å². The van der Waals surface area contributed by atoms with Crippen LogP contribution in [0.1, 0.15) is 23.2 Å². The maximum Gasteiger partial charge on any atom is 0.257 e. The highest BCUT2D eigenvalue weighted by Gasteiger charge is 2.33. The average molecular weight is 253 g/mol. The summed E-state index contributed by atoms with van der Waals surface area (Å²) < 4.78 is 13.6. The Morgan fingerprint density at radius 1 is 1.59 bits per heavy atom. The summed E-state index contributed by atoms with van der Waals surface area (Å²) in [6.45, 7) is -0.00837. The van der Waals surface area contributed by atoms with Crippen LogP contribution in [0.4, 0.5) is 4.39 Å². The van der Waals surface area contributed by atoms with Crippen LogP contribution < -0.4 is 0 Å². The highest BCUT2D eigenvalue weighted by atomic mass is 35.5. The van der Waals surface area contributed by atoms with Gasteiger partial charge in [-0.05, 0) is 31.0 Å². The van der Waals surface area contributed by atoms with Gasteiger partial charge in [0.1, 0.15) is 12.4 Å². The number of amides is 1. The summed E-state index contributed by atoms with van der Waals surface area (Å²) in [5, 5.41) is 8.91. The van der Waals surface area contributed by atoms with E-state index in [2.05, 4.69) is 0 Å². The van der Waals surface area contributed by atoms with E-state index in [1.54, 1.807) is 0 Å². The average Bonchev–Trinajstić information content (AvgIpc) is 3.09. The van der Waals surface area contributed by atoms with Crippen molar-refractivity contribution in [1.82, 2.24) is 4.90 Å². The first-order valence-electron chi connectivity index (χ1n) is 5.26. The molecule has 0 unspecified atom stereocenters. The molecule has 1 amide bonds. The molecule has 1 aromatic rings. The van der Waals surface area contributed by atoms with Gasteiger partial charge in [0.25, 0.3) is 5.91 Å². The van der Waals surface area contributed by atoms with Gasteiger partial charge in [-0.2, -0.15) is 5.26 Å². The lowest BCUT2D eigenvalue weighted by atomic mass is 10.2. The summed E-state index contributed by atoms with van der Waals surface area (Å²) >= 11 is 5.62. The van der Waals surface area contributed by atoms with Crippen molar-refractivity contribution >= 4 is 17.5 Å². The molecule has 1 aliphatic rings. The van der Waals surface area contributed by atoms with E-state index in [1.165, 1.54) is 17.0 Å². The normalized spacial score (nSPS) is 14.2. The summed E-state index contributed by atoms with van der Waals surface area (Å²) in [6, 6.07) is 5.93. The summed E-state index contributed by atoms with van der Waals surface area (Å²) in [6.07, 6.45) is 1.76. The Bertz CT molecular complexity index is 494. The molecule has 17 heavy (non-hydrogen) atoms. The number of carbonyl (C=O) groups excluding carboxylic acids is 1. The fourth-order valence-electron chi connectivity index (χ4n) is 1.65. The third-order valence-corrected chi connectivity index (χ3v) is 2.89. The van der Waals surface area contributed by atoms with Gasteiger partial charge >= 0.3 is 0 Å². The topological polar surface area (TPSA) is 44.1 Å². The van der Waals surface area contributed by atoms with Crippen molar-refractivity contribution in [1.29, 1.82) is 5.26 Å². The van der Waals surface area contributed by atoms with E-state index in [4.69, 9.17) is 16.9 Å². The van der Waals surface area contributed by atoms with Crippen molar-refractivity contribution in [2.75, 3.05) is 6.54 Å². The molecule has 2 rings (SSSR count). The van der Waals surface area contributed by atoms with Gasteiger partial charge in [0.2, 0.25) is 0 Å². The maximum absolute atomic E-state index is 13.6. The molecular formula is C12H10ClFN2O. The third kappa shape index (κ3) is 2.56. The van der Waals surface area contributed by atoms with E-state index in [0.29, 0.717) is 0 Å². The summed E-state index contributed by atoms with van der Waals surface area (Å²) in [5.74, 6) is -1.09. The van der Waals surface area contributed by atoms with Crippen molar-refractivity contribution in [3.8, 4) is 6.07 Å². The summed E-state index contributed by atoms with van der Waals surface area (Å²) in [4.78, 5) is 13.4. The van der Waals surface area contributed by atoms with Crippen LogP contribution in [0.25, 0.3) is 0 Å². The minimum absolute atomic E-state index is 0.00837. The van der Waals surface area contributed by atoms with Gasteiger partial charge in [-0.25, -0.2) is 4.39 Å². The van der Waals surface area contributed by atoms with Gasteiger partial charge in [-0.15, -0.1) is 0 Å². The second-order valence-corrected chi connectivity index (χ2v) is 4.38. The van der Waals surface area contributed by atoms with Crippen molar-refractivity contribution in [2.24, 2.45) is 0 Å². The van der Waals surface area contributed by atoms with Crippen LogP contribution in [0.5, 0.6) is 0 Å².